The number of methoxy groups -OCH3 is 1. The minimum Gasteiger partial charge on any atom is -0.481 e. The van der Waals surface area contributed by atoms with E-state index in [0.717, 1.165) is 37.8 Å². The first kappa shape index (κ1) is 17.2. The molecule has 2 fully saturated rings. The van der Waals surface area contributed by atoms with Gasteiger partial charge in [0.05, 0.1) is 13.7 Å². The van der Waals surface area contributed by atoms with Crippen molar-refractivity contribution in [1.29, 1.82) is 0 Å². The van der Waals surface area contributed by atoms with E-state index >= 15 is 0 Å². The highest BCUT2D eigenvalue weighted by Gasteiger charge is 2.39. The fraction of sp³-hybridized carbons (Fsp3) is 0.667. The lowest BCUT2D eigenvalue weighted by Crippen LogP contribution is -2.48. The summed E-state index contributed by atoms with van der Waals surface area (Å²) in [5.74, 6) is 3.84. The standard InChI is InChI=1S/C18H26N6O2/c1-12(2)17-20-16(26-22-17)11-23-8-5-13-6-9-24(10-14(13)23)18-19-7-4-15(21-18)25-3/h4,7,12-14H,5-6,8-11H2,1-3H3. The molecule has 140 valence electrons. The maximum atomic E-state index is 5.45. The molecule has 2 atom stereocenters. The van der Waals surface area contributed by atoms with Crippen LogP contribution in [-0.2, 0) is 6.54 Å². The quantitative estimate of drug-likeness (QED) is 0.804. The normalized spacial score (nSPS) is 23.5. The predicted molar refractivity (Wildman–Crippen MR) is 96.1 cm³/mol. The van der Waals surface area contributed by atoms with Gasteiger partial charge in [-0.2, -0.15) is 9.97 Å². The second kappa shape index (κ2) is 7.19. The Labute approximate surface area is 153 Å². The Morgan fingerprint density at radius 1 is 1.27 bits per heavy atom. The molecule has 8 heteroatoms. The molecular formula is C18H26N6O2. The minimum absolute atomic E-state index is 0.286. The van der Waals surface area contributed by atoms with Gasteiger partial charge in [0.15, 0.2) is 5.82 Å². The molecule has 0 amide bonds. The van der Waals surface area contributed by atoms with Gasteiger partial charge in [-0.25, -0.2) is 4.98 Å². The molecule has 2 aromatic rings. The summed E-state index contributed by atoms with van der Waals surface area (Å²) in [5.41, 5.74) is 0. The fourth-order valence-corrected chi connectivity index (χ4v) is 3.94. The van der Waals surface area contributed by atoms with Gasteiger partial charge >= 0.3 is 0 Å². The average Bonchev–Trinajstić information content (AvgIpc) is 3.29. The number of hydrogen-bond donors (Lipinski definition) is 0. The van der Waals surface area contributed by atoms with Crippen molar-refractivity contribution in [3.8, 4) is 5.88 Å². The van der Waals surface area contributed by atoms with Crippen LogP contribution in [0.3, 0.4) is 0 Å². The van der Waals surface area contributed by atoms with Gasteiger partial charge < -0.3 is 14.2 Å². The van der Waals surface area contributed by atoms with Gasteiger partial charge in [0.1, 0.15) is 0 Å². The lowest BCUT2D eigenvalue weighted by molar-refractivity contribution is 0.178. The Hall–Kier alpha value is -2.22. The van der Waals surface area contributed by atoms with Crippen LogP contribution in [0.2, 0.25) is 0 Å². The zero-order valence-corrected chi connectivity index (χ0v) is 15.6. The van der Waals surface area contributed by atoms with Crippen LogP contribution >= 0.6 is 0 Å². The van der Waals surface area contributed by atoms with Crippen LogP contribution in [0.15, 0.2) is 16.8 Å². The summed E-state index contributed by atoms with van der Waals surface area (Å²) in [5, 5.41) is 4.09. The SMILES string of the molecule is COc1ccnc(N2CCC3CCN(Cc4nc(C(C)C)no4)C3C2)n1. The Bertz CT molecular complexity index is 749. The highest BCUT2D eigenvalue weighted by molar-refractivity contribution is 5.33. The first-order valence-electron chi connectivity index (χ1n) is 9.32. The first-order chi connectivity index (χ1) is 12.6. The molecule has 2 aromatic heterocycles. The molecule has 0 bridgehead atoms. The third kappa shape index (κ3) is 3.38. The zero-order valence-electron chi connectivity index (χ0n) is 15.6. The van der Waals surface area contributed by atoms with Crippen molar-refractivity contribution in [2.24, 2.45) is 5.92 Å². The molecule has 0 aromatic carbocycles. The van der Waals surface area contributed by atoms with E-state index in [9.17, 15) is 0 Å². The molecule has 2 unspecified atom stereocenters. The van der Waals surface area contributed by atoms with Crippen LogP contribution < -0.4 is 9.64 Å². The summed E-state index contributed by atoms with van der Waals surface area (Å²) in [6.07, 6.45) is 4.14. The molecular weight excluding hydrogens is 332 g/mol. The van der Waals surface area contributed by atoms with Crippen molar-refractivity contribution in [2.75, 3.05) is 31.6 Å². The van der Waals surface area contributed by atoms with Gasteiger partial charge in [0, 0.05) is 37.3 Å². The van der Waals surface area contributed by atoms with Crippen molar-refractivity contribution >= 4 is 5.95 Å². The van der Waals surface area contributed by atoms with E-state index in [4.69, 9.17) is 9.26 Å². The van der Waals surface area contributed by atoms with E-state index in [1.54, 1.807) is 19.4 Å². The van der Waals surface area contributed by atoms with Gasteiger partial charge in [-0.3, -0.25) is 4.90 Å². The predicted octanol–water partition coefficient (Wildman–Crippen LogP) is 2.09. The molecule has 2 saturated heterocycles. The monoisotopic (exact) mass is 358 g/mol. The number of nitrogens with zero attached hydrogens (tertiary/aromatic N) is 6. The van der Waals surface area contributed by atoms with E-state index in [-0.39, 0.29) is 5.92 Å². The molecule has 0 aliphatic carbocycles. The molecule has 2 aliphatic rings. The molecule has 0 spiro atoms. The molecule has 0 radical (unpaired) electrons. The van der Waals surface area contributed by atoms with Gasteiger partial charge in [-0.1, -0.05) is 19.0 Å². The van der Waals surface area contributed by atoms with Crippen LogP contribution in [0.4, 0.5) is 5.95 Å². The summed E-state index contributed by atoms with van der Waals surface area (Å²) < 4.78 is 10.7. The third-order valence-corrected chi connectivity index (χ3v) is 5.43. The Balaban J connectivity index is 1.46. The third-order valence-electron chi connectivity index (χ3n) is 5.43. The largest absolute Gasteiger partial charge is 0.481 e. The Morgan fingerprint density at radius 3 is 2.88 bits per heavy atom. The van der Waals surface area contributed by atoms with Crippen molar-refractivity contribution in [3.05, 3.63) is 24.0 Å². The zero-order chi connectivity index (χ0) is 18.1. The molecule has 4 heterocycles. The van der Waals surface area contributed by atoms with E-state index in [1.807, 2.05) is 0 Å². The number of fused-ring (bicyclic) bond motifs is 1. The molecule has 4 rings (SSSR count). The molecule has 0 N–H and O–H groups in total. The van der Waals surface area contributed by atoms with E-state index in [0.29, 0.717) is 30.3 Å². The first-order valence-corrected chi connectivity index (χ1v) is 9.32. The lowest BCUT2D eigenvalue weighted by Gasteiger charge is -2.38. The van der Waals surface area contributed by atoms with Crippen LogP contribution in [0, 0.1) is 5.92 Å². The molecule has 8 nitrogen and oxygen atoms in total. The summed E-state index contributed by atoms with van der Waals surface area (Å²) in [6, 6.07) is 2.24. The highest BCUT2D eigenvalue weighted by Crippen LogP contribution is 2.33. The fourth-order valence-electron chi connectivity index (χ4n) is 3.94. The molecule has 2 aliphatic heterocycles. The van der Waals surface area contributed by atoms with Crippen LogP contribution in [0.5, 0.6) is 5.88 Å². The van der Waals surface area contributed by atoms with Crippen molar-refractivity contribution in [1.82, 2.24) is 25.0 Å². The summed E-state index contributed by atoms with van der Waals surface area (Å²) in [4.78, 5) is 18.2. The van der Waals surface area contributed by atoms with Crippen molar-refractivity contribution < 1.29 is 9.26 Å². The maximum absolute atomic E-state index is 5.45. The second-order valence-electron chi connectivity index (χ2n) is 7.42. The highest BCUT2D eigenvalue weighted by atomic mass is 16.5. The molecule has 0 saturated carbocycles. The Kier molecular flexibility index (Phi) is 4.76. The number of hydrogen-bond acceptors (Lipinski definition) is 8. The minimum atomic E-state index is 0.286. The van der Waals surface area contributed by atoms with Gasteiger partial charge in [-0.05, 0) is 25.3 Å². The second-order valence-corrected chi connectivity index (χ2v) is 7.42. The van der Waals surface area contributed by atoms with E-state index in [1.165, 1.54) is 6.42 Å². The smallest absolute Gasteiger partial charge is 0.240 e. The topological polar surface area (TPSA) is 80.4 Å². The van der Waals surface area contributed by atoms with Gasteiger partial charge in [-0.15, -0.1) is 0 Å². The summed E-state index contributed by atoms with van der Waals surface area (Å²) in [6.45, 7) is 7.85. The summed E-state index contributed by atoms with van der Waals surface area (Å²) in [7, 11) is 1.63. The van der Waals surface area contributed by atoms with Gasteiger partial charge in [0.25, 0.3) is 0 Å². The Morgan fingerprint density at radius 2 is 2.12 bits per heavy atom. The number of piperidine rings is 1. The number of anilines is 1. The van der Waals surface area contributed by atoms with Gasteiger partial charge in [0.2, 0.25) is 17.7 Å². The lowest BCUT2D eigenvalue weighted by atomic mass is 9.92. The van der Waals surface area contributed by atoms with Crippen LogP contribution in [-0.4, -0.2) is 57.8 Å². The maximum Gasteiger partial charge on any atom is 0.240 e. The number of rotatable bonds is 5. The van der Waals surface area contributed by atoms with Crippen LogP contribution in [0.1, 0.15) is 44.3 Å². The number of likely N-dealkylation sites (tertiary alicyclic amines) is 1. The number of aromatic nitrogens is 4. The average molecular weight is 358 g/mol. The van der Waals surface area contributed by atoms with E-state index < -0.39 is 0 Å². The summed E-state index contributed by atoms with van der Waals surface area (Å²) >= 11 is 0. The van der Waals surface area contributed by atoms with Crippen molar-refractivity contribution in [3.63, 3.8) is 0 Å². The molecule has 26 heavy (non-hydrogen) atoms. The van der Waals surface area contributed by atoms with Crippen LogP contribution in [0.25, 0.3) is 0 Å². The number of ether oxygens (including phenoxy) is 1. The van der Waals surface area contributed by atoms with E-state index in [2.05, 4.69) is 43.8 Å². The van der Waals surface area contributed by atoms with Crippen molar-refractivity contribution in [2.45, 2.75) is 45.2 Å².